The van der Waals surface area contributed by atoms with Crippen LogP contribution in [0.5, 0.6) is 0 Å². The van der Waals surface area contributed by atoms with E-state index in [0.29, 0.717) is 6.54 Å². The summed E-state index contributed by atoms with van der Waals surface area (Å²) in [6.45, 7) is 1.45. The number of rotatable bonds is 3. The van der Waals surface area contributed by atoms with Gasteiger partial charge >= 0.3 is 0 Å². The predicted molar refractivity (Wildman–Crippen MR) is 68.8 cm³/mol. The lowest BCUT2D eigenvalue weighted by Gasteiger charge is -2.40. The molecule has 2 fully saturated rings. The maximum absolute atomic E-state index is 12.3. The Labute approximate surface area is 107 Å². The van der Waals surface area contributed by atoms with E-state index in [1.807, 2.05) is 35.2 Å². The second kappa shape index (κ2) is 4.39. The molecule has 0 spiro atoms. The number of amides is 1. The summed E-state index contributed by atoms with van der Waals surface area (Å²) in [7, 11) is 0. The molecule has 2 aliphatic rings. The van der Waals surface area contributed by atoms with E-state index in [0.717, 1.165) is 37.8 Å². The summed E-state index contributed by atoms with van der Waals surface area (Å²) in [4.78, 5) is 14.2. The summed E-state index contributed by atoms with van der Waals surface area (Å²) in [5.41, 5.74) is 0.467. The van der Waals surface area contributed by atoms with Crippen LogP contribution in [0.3, 0.4) is 0 Å². The molecule has 1 heterocycles. The van der Waals surface area contributed by atoms with Crippen molar-refractivity contribution < 1.29 is 9.90 Å². The Kier molecular flexibility index (Phi) is 2.86. The van der Waals surface area contributed by atoms with Crippen molar-refractivity contribution in [1.82, 2.24) is 4.90 Å². The minimum atomic E-state index is -0.692. The van der Waals surface area contributed by atoms with Crippen molar-refractivity contribution in [3.63, 3.8) is 0 Å². The minimum Gasteiger partial charge on any atom is -0.389 e. The number of hydrogen-bond acceptors (Lipinski definition) is 2. The Morgan fingerprint density at radius 1 is 1.28 bits per heavy atom. The normalized spacial score (nSPS) is 26.2. The number of likely N-dealkylation sites (tertiary alicyclic amines) is 1. The third-order valence-corrected chi connectivity index (χ3v) is 4.38. The van der Waals surface area contributed by atoms with Gasteiger partial charge in [0.15, 0.2) is 0 Å². The Morgan fingerprint density at radius 3 is 2.61 bits per heavy atom. The molecule has 1 amide bonds. The van der Waals surface area contributed by atoms with Crippen molar-refractivity contribution in [3.05, 3.63) is 35.9 Å². The maximum atomic E-state index is 12.3. The first-order valence-corrected chi connectivity index (χ1v) is 6.74. The van der Waals surface area contributed by atoms with E-state index >= 15 is 0 Å². The quantitative estimate of drug-likeness (QED) is 0.884. The fourth-order valence-corrected chi connectivity index (χ4v) is 3.09. The highest BCUT2D eigenvalue weighted by molar-refractivity contribution is 5.82. The van der Waals surface area contributed by atoms with Gasteiger partial charge in [0, 0.05) is 13.1 Å². The minimum absolute atomic E-state index is 0.140. The lowest BCUT2D eigenvalue weighted by Crippen LogP contribution is -2.47. The first-order chi connectivity index (χ1) is 8.69. The van der Waals surface area contributed by atoms with Gasteiger partial charge in [-0.25, -0.2) is 0 Å². The summed E-state index contributed by atoms with van der Waals surface area (Å²) in [6.07, 6.45) is 3.45. The Hall–Kier alpha value is -1.35. The fourth-order valence-electron chi connectivity index (χ4n) is 3.09. The molecule has 1 N–H and O–H groups in total. The van der Waals surface area contributed by atoms with Gasteiger partial charge in [-0.3, -0.25) is 4.79 Å². The second-order valence-corrected chi connectivity index (χ2v) is 5.54. The topological polar surface area (TPSA) is 40.5 Å². The number of carbonyl (C=O) groups is 1. The number of benzene rings is 1. The molecule has 1 aromatic rings. The van der Waals surface area contributed by atoms with E-state index in [9.17, 15) is 9.90 Å². The van der Waals surface area contributed by atoms with Crippen molar-refractivity contribution in [3.8, 4) is 0 Å². The zero-order valence-corrected chi connectivity index (χ0v) is 10.5. The number of hydrogen-bond donors (Lipinski definition) is 1. The van der Waals surface area contributed by atoms with Gasteiger partial charge in [-0.1, -0.05) is 30.3 Å². The van der Waals surface area contributed by atoms with Crippen LogP contribution in [0.4, 0.5) is 0 Å². The third-order valence-electron chi connectivity index (χ3n) is 4.38. The smallest absolute Gasteiger partial charge is 0.228 e. The summed E-state index contributed by atoms with van der Waals surface area (Å²) in [5.74, 6) is -0.0176. The number of carbonyl (C=O) groups excluding carboxylic acids is 1. The zero-order valence-electron chi connectivity index (χ0n) is 10.5. The highest BCUT2D eigenvalue weighted by Crippen LogP contribution is 2.43. The van der Waals surface area contributed by atoms with E-state index in [2.05, 4.69) is 0 Å². The van der Waals surface area contributed by atoms with Crippen LogP contribution in [-0.4, -0.2) is 28.1 Å². The van der Waals surface area contributed by atoms with Gasteiger partial charge in [-0.15, -0.1) is 0 Å². The van der Waals surface area contributed by atoms with Gasteiger partial charge in [0.2, 0.25) is 5.91 Å². The van der Waals surface area contributed by atoms with Crippen molar-refractivity contribution >= 4 is 5.91 Å². The van der Waals surface area contributed by atoms with Gasteiger partial charge in [-0.2, -0.15) is 0 Å². The van der Waals surface area contributed by atoms with Gasteiger partial charge < -0.3 is 10.0 Å². The van der Waals surface area contributed by atoms with Crippen LogP contribution in [-0.2, 0) is 11.3 Å². The Bertz CT molecular complexity index is 439. The fraction of sp³-hybridized carbons (Fsp3) is 0.533. The van der Waals surface area contributed by atoms with E-state index in [4.69, 9.17) is 0 Å². The monoisotopic (exact) mass is 245 g/mol. The molecule has 3 heteroatoms. The van der Waals surface area contributed by atoms with Gasteiger partial charge in [0.05, 0.1) is 11.5 Å². The van der Waals surface area contributed by atoms with E-state index in [1.165, 1.54) is 0 Å². The number of aliphatic hydroxyl groups is 1. The number of nitrogens with zero attached hydrogens (tertiary/aromatic N) is 1. The maximum Gasteiger partial charge on any atom is 0.228 e. The molecule has 1 aliphatic carbocycles. The molecular formula is C15H19NO2. The van der Waals surface area contributed by atoms with Crippen LogP contribution in [0, 0.1) is 5.92 Å². The average Bonchev–Trinajstić information content (AvgIpc) is 2.70. The molecule has 1 aromatic carbocycles. The van der Waals surface area contributed by atoms with Crippen LogP contribution in [0.1, 0.15) is 31.2 Å². The van der Waals surface area contributed by atoms with Crippen molar-refractivity contribution in [2.75, 3.05) is 6.54 Å². The van der Waals surface area contributed by atoms with Crippen molar-refractivity contribution in [2.45, 2.75) is 37.8 Å². The summed E-state index contributed by atoms with van der Waals surface area (Å²) >= 11 is 0. The lowest BCUT2D eigenvalue weighted by atomic mass is 9.70. The summed E-state index contributed by atoms with van der Waals surface area (Å²) < 4.78 is 0. The van der Waals surface area contributed by atoms with Crippen LogP contribution in [0.15, 0.2) is 30.3 Å². The Morgan fingerprint density at radius 2 is 2.00 bits per heavy atom. The molecule has 3 nitrogen and oxygen atoms in total. The molecule has 0 unspecified atom stereocenters. The molecule has 0 bridgehead atoms. The molecule has 3 rings (SSSR count). The Balaban J connectivity index is 1.68. The average molecular weight is 245 g/mol. The van der Waals surface area contributed by atoms with Crippen LogP contribution < -0.4 is 0 Å². The van der Waals surface area contributed by atoms with E-state index < -0.39 is 5.60 Å². The lowest BCUT2D eigenvalue weighted by molar-refractivity contribution is -0.146. The molecule has 1 aliphatic heterocycles. The van der Waals surface area contributed by atoms with Crippen LogP contribution >= 0.6 is 0 Å². The second-order valence-electron chi connectivity index (χ2n) is 5.54. The van der Waals surface area contributed by atoms with Crippen LogP contribution in [0.25, 0.3) is 0 Å². The molecular weight excluding hydrogens is 226 g/mol. The van der Waals surface area contributed by atoms with Gasteiger partial charge in [-0.05, 0) is 31.2 Å². The van der Waals surface area contributed by atoms with E-state index in [-0.39, 0.29) is 11.8 Å². The molecule has 18 heavy (non-hydrogen) atoms. The molecule has 1 atom stereocenters. The van der Waals surface area contributed by atoms with Gasteiger partial charge in [0.1, 0.15) is 0 Å². The molecule has 0 radical (unpaired) electrons. The summed E-state index contributed by atoms with van der Waals surface area (Å²) in [5, 5.41) is 10.3. The molecule has 0 aromatic heterocycles. The van der Waals surface area contributed by atoms with Crippen LogP contribution in [0.2, 0.25) is 0 Å². The standard InChI is InChI=1S/C15H19NO2/c17-14-13(15(18)8-4-9-15)7-10-16(14)11-12-5-2-1-3-6-12/h1-3,5-6,13,18H,4,7-11H2/t13-/m1/s1. The predicted octanol–water partition coefficient (Wildman–Crippen LogP) is 1.95. The van der Waals surface area contributed by atoms with E-state index in [1.54, 1.807) is 0 Å². The first kappa shape index (κ1) is 11.7. The highest BCUT2D eigenvalue weighted by atomic mass is 16.3. The third kappa shape index (κ3) is 1.93. The van der Waals surface area contributed by atoms with Crippen molar-refractivity contribution in [2.24, 2.45) is 5.92 Å². The summed E-state index contributed by atoms with van der Waals surface area (Å²) in [6, 6.07) is 10.0. The molecule has 96 valence electrons. The zero-order chi connectivity index (χ0) is 12.6. The molecule has 1 saturated heterocycles. The molecule has 1 saturated carbocycles. The largest absolute Gasteiger partial charge is 0.389 e. The highest BCUT2D eigenvalue weighted by Gasteiger charge is 2.49. The van der Waals surface area contributed by atoms with Gasteiger partial charge in [0.25, 0.3) is 0 Å². The first-order valence-electron chi connectivity index (χ1n) is 6.74. The SMILES string of the molecule is O=C1[C@H](C2(O)CCC2)CCN1Cc1ccccc1. The van der Waals surface area contributed by atoms with Crippen molar-refractivity contribution in [1.29, 1.82) is 0 Å².